The molecule has 0 aromatic heterocycles. The molecule has 0 saturated heterocycles. The van der Waals surface area contributed by atoms with Gasteiger partial charge in [0.1, 0.15) is 0 Å². The summed E-state index contributed by atoms with van der Waals surface area (Å²) in [6.45, 7) is 1.10. The van der Waals surface area contributed by atoms with Gasteiger partial charge in [-0.1, -0.05) is 18.9 Å². The first-order valence-corrected chi connectivity index (χ1v) is 7.39. The van der Waals surface area contributed by atoms with Crippen LogP contribution in [0.4, 0.5) is 5.69 Å². The topological polar surface area (TPSA) is 84.5 Å². The number of rotatable bonds is 5. The highest BCUT2D eigenvalue weighted by molar-refractivity contribution is 5.94. The Morgan fingerprint density at radius 1 is 1.23 bits per heavy atom. The minimum absolute atomic E-state index is 0.203. The quantitative estimate of drug-likeness (QED) is 0.813. The third-order valence-corrected chi connectivity index (χ3v) is 3.47. The Balaban J connectivity index is 1.83. The number of ether oxygens (including phenoxy) is 1. The number of carbonyl (C=O) groups excluding carboxylic acids is 3. The fraction of sp³-hybridized carbons (Fsp3) is 0.438. The predicted molar refractivity (Wildman–Crippen MR) is 81.4 cm³/mol. The normalized spacial score (nSPS) is 14.4. The lowest BCUT2D eigenvalue weighted by molar-refractivity contribution is -0.124. The summed E-state index contributed by atoms with van der Waals surface area (Å²) in [4.78, 5) is 34.6. The molecule has 1 aromatic carbocycles. The van der Waals surface area contributed by atoms with Gasteiger partial charge < -0.3 is 15.4 Å². The van der Waals surface area contributed by atoms with Gasteiger partial charge in [0.05, 0.1) is 5.56 Å². The Kier molecular flexibility index (Phi) is 5.52. The molecular formula is C16H20N2O4. The lowest BCUT2D eigenvalue weighted by atomic mass is 10.2. The highest BCUT2D eigenvalue weighted by atomic mass is 16.5. The minimum atomic E-state index is -0.589. The van der Waals surface area contributed by atoms with Crippen LogP contribution in [0.1, 0.15) is 43.0 Å². The molecule has 1 saturated carbocycles. The fourth-order valence-corrected chi connectivity index (χ4v) is 2.48. The molecule has 1 aromatic rings. The molecular weight excluding hydrogens is 284 g/mol. The summed E-state index contributed by atoms with van der Waals surface area (Å²) in [6.07, 6.45) is 4.22. The van der Waals surface area contributed by atoms with Gasteiger partial charge in [0.2, 0.25) is 5.91 Å². The summed E-state index contributed by atoms with van der Waals surface area (Å²) >= 11 is 0. The Morgan fingerprint density at radius 3 is 2.64 bits per heavy atom. The van der Waals surface area contributed by atoms with E-state index in [4.69, 9.17) is 4.74 Å². The second kappa shape index (κ2) is 7.59. The predicted octanol–water partition coefficient (Wildman–Crippen LogP) is 1.86. The minimum Gasteiger partial charge on any atom is -0.452 e. The van der Waals surface area contributed by atoms with Crippen molar-refractivity contribution in [3.05, 3.63) is 29.8 Å². The van der Waals surface area contributed by atoms with Gasteiger partial charge in [-0.2, -0.15) is 0 Å². The highest BCUT2D eigenvalue weighted by Crippen LogP contribution is 2.17. The molecule has 0 heterocycles. The van der Waals surface area contributed by atoms with Crippen molar-refractivity contribution in [3.63, 3.8) is 0 Å². The number of amides is 2. The van der Waals surface area contributed by atoms with Crippen molar-refractivity contribution >= 4 is 23.5 Å². The largest absolute Gasteiger partial charge is 0.452 e. The maximum atomic E-state index is 11.9. The van der Waals surface area contributed by atoms with Crippen LogP contribution < -0.4 is 10.6 Å². The van der Waals surface area contributed by atoms with Crippen molar-refractivity contribution < 1.29 is 19.1 Å². The average Bonchev–Trinajstić information content (AvgIpc) is 2.97. The Morgan fingerprint density at radius 2 is 1.95 bits per heavy atom. The summed E-state index contributed by atoms with van der Waals surface area (Å²) in [5, 5.41) is 5.44. The molecule has 2 amide bonds. The van der Waals surface area contributed by atoms with Crippen LogP contribution in [0.3, 0.4) is 0 Å². The number of benzene rings is 1. The zero-order valence-corrected chi connectivity index (χ0v) is 12.6. The molecule has 1 fully saturated rings. The lowest BCUT2D eigenvalue weighted by Gasteiger charge is -2.12. The van der Waals surface area contributed by atoms with Crippen LogP contribution in [0.2, 0.25) is 0 Å². The third-order valence-electron chi connectivity index (χ3n) is 3.47. The summed E-state index contributed by atoms with van der Waals surface area (Å²) in [6, 6.07) is 6.60. The van der Waals surface area contributed by atoms with E-state index in [-0.39, 0.29) is 24.5 Å². The molecule has 1 aliphatic carbocycles. The summed E-state index contributed by atoms with van der Waals surface area (Å²) < 4.78 is 5.00. The maximum absolute atomic E-state index is 11.9. The molecule has 6 heteroatoms. The van der Waals surface area contributed by atoms with Crippen LogP contribution in [0, 0.1) is 0 Å². The van der Waals surface area contributed by atoms with Crippen LogP contribution in [-0.4, -0.2) is 30.4 Å². The maximum Gasteiger partial charge on any atom is 0.338 e. The van der Waals surface area contributed by atoms with E-state index in [9.17, 15) is 14.4 Å². The summed E-state index contributed by atoms with van der Waals surface area (Å²) in [7, 11) is 0. The molecule has 0 spiro atoms. The van der Waals surface area contributed by atoms with Gasteiger partial charge in [0.25, 0.3) is 5.91 Å². The van der Waals surface area contributed by atoms with Crippen molar-refractivity contribution in [2.75, 3.05) is 11.9 Å². The zero-order chi connectivity index (χ0) is 15.9. The van der Waals surface area contributed by atoms with Gasteiger partial charge in [-0.05, 0) is 31.0 Å². The third kappa shape index (κ3) is 4.87. The second-order valence-electron chi connectivity index (χ2n) is 5.39. The van der Waals surface area contributed by atoms with Crippen LogP contribution in [0.15, 0.2) is 24.3 Å². The number of nitrogens with one attached hydrogen (secondary N) is 2. The molecule has 0 bridgehead atoms. The molecule has 118 valence electrons. The molecule has 0 atom stereocenters. The van der Waals surface area contributed by atoms with E-state index in [0.717, 1.165) is 25.7 Å². The van der Waals surface area contributed by atoms with Crippen LogP contribution >= 0.6 is 0 Å². The lowest BCUT2D eigenvalue weighted by Crippen LogP contribution is -2.35. The van der Waals surface area contributed by atoms with Crippen molar-refractivity contribution in [1.82, 2.24) is 5.32 Å². The van der Waals surface area contributed by atoms with Gasteiger partial charge in [0, 0.05) is 18.7 Å². The molecule has 1 aliphatic rings. The zero-order valence-electron chi connectivity index (χ0n) is 12.6. The van der Waals surface area contributed by atoms with Crippen LogP contribution in [-0.2, 0) is 14.3 Å². The van der Waals surface area contributed by atoms with E-state index in [1.165, 1.54) is 13.0 Å². The molecule has 0 aliphatic heterocycles. The molecule has 0 radical (unpaired) electrons. The first-order chi connectivity index (χ1) is 10.5. The van der Waals surface area contributed by atoms with Crippen molar-refractivity contribution in [2.45, 2.75) is 38.6 Å². The monoisotopic (exact) mass is 304 g/mol. The highest BCUT2D eigenvalue weighted by Gasteiger charge is 2.18. The van der Waals surface area contributed by atoms with Crippen LogP contribution in [0.5, 0.6) is 0 Å². The second-order valence-corrected chi connectivity index (χ2v) is 5.39. The number of hydrogen-bond acceptors (Lipinski definition) is 4. The first kappa shape index (κ1) is 16.0. The Bertz CT molecular complexity index is 565. The van der Waals surface area contributed by atoms with E-state index in [0.29, 0.717) is 11.3 Å². The van der Waals surface area contributed by atoms with Crippen LogP contribution in [0.25, 0.3) is 0 Å². The summed E-state index contributed by atoms with van der Waals surface area (Å²) in [5.74, 6) is -1.09. The Hall–Kier alpha value is -2.37. The van der Waals surface area contributed by atoms with Gasteiger partial charge >= 0.3 is 5.97 Å². The number of anilines is 1. The van der Waals surface area contributed by atoms with Gasteiger partial charge in [-0.25, -0.2) is 4.79 Å². The van der Waals surface area contributed by atoms with E-state index in [2.05, 4.69) is 10.6 Å². The van der Waals surface area contributed by atoms with Gasteiger partial charge in [-0.3, -0.25) is 9.59 Å². The van der Waals surface area contributed by atoms with E-state index in [1.807, 2.05) is 0 Å². The van der Waals surface area contributed by atoms with E-state index in [1.54, 1.807) is 18.2 Å². The molecule has 2 rings (SSSR count). The van der Waals surface area contributed by atoms with E-state index < -0.39 is 5.97 Å². The number of hydrogen-bond donors (Lipinski definition) is 2. The SMILES string of the molecule is CC(=O)Nc1cccc(C(=O)OCC(=O)NC2CCCC2)c1. The van der Waals surface area contributed by atoms with Crippen molar-refractivity contribution in [2.24, 2.45) is 0 Å². The summed E-state index contributed by atoms with van der Waals surface area (Å²) in [5.41, 5.74) is 0.803. The van der Waals surface area contributed by atoms with Crippen molar-refractivity contribution in [3.8, 4) is 0 Å². The smallest absolute Gasteiger partial charge is 0.338 e. The molecule has 6 nitrogen and oxygen atoms in total. The Labute approximate surface area is 129 Å². The molecule has 2 N–H and O–H groups in total. The van der Waals surface area contributed by atoms with Gasteiger partial charge in [-0.15, -0.1) is 0 Å². The van der Waals surface area contributed by atoms with E-state index >= 15 is 0 Å². The molecule has 22 heavy (non-hydrogen) atoms. The fourth-order valence-electron chi connectivity index (χ4n) is 2.48. The number of carbonyl (C=O) groups is 3. The van der Waals surface area contributed by atoms with Crippen molar-refractivity contribution in [1.29, 1.82) is 0 Å². The average molecular weight is 304 g/mol. The first-order valence-electron chi connectivity index (χ1n) is 7.39. The van der Waals surface area contributed by atoms with Gasteiger partial charge in [0.15, 0.2) is 6.61 Å². The number of esters is 1. The standard InChI is InChI=1S/C16H20N2O4/c1-11(19)17-14-8-4-5-12(9-14)16(21)22-10-15(20)18-13-6-2-3-7-13/h4-5,8-9,13H,2-3,6-7,10H2,1H3,(H,17,19)(H,18,20). The molecule has 0 unspecified atom stereocenters.